The van der Waals surface area contributed by atoms with Crippen LogP contribution in [0.15, 0.2) is 42.7 Å². The lowest BCUT2D eigenvalue weighted by molar-refractivity contribution is 0.0593. The minimum absolute atomic E-state index is 0.105. The van der Waals surface area contributed by atoms with E-state index in [2.05, 4.69) is 20.6 Å². The third-order valence-corrected chi connectivity index (χ3v) is 4.30. The number of anilines is 1. The van der Waals surface area contributed by atoms with Gasteiger partial charge in [-0.05, 0) is 26.0 Å². The van der Waals surface area contributed by atoms with Gasteiger partial charge in [-0.15, -0.1) is 0 Å². The van der Waals surface area contributed by atoms with E-state index in [9.17, 15) is 9.90 Å². The summed E-state index contributed by atoms with van der Waals surface area (Å²) >= 11 is 0. The maximum absolute atomic E-state index is 12.0. The van der Waals surface area contributed by atoms with Crippen LogP contribution in [0.1, 0.15) is 19.4 Å². The van der Waals surface area contributed by atoms with Gasteiger partial charge in [-0.1, -0.05) is 18.2 Å². The number of amides is 2. The van der Waals surface area contributed by atoms with E-state index in [1.165, 1.54) is 0 Å². The van der Waals surface area contributed by atoms with E-state index < -0.39 is 5.60 Å². The highest BCUT2D eigenvalue weighted by atomic mass is 16.3. The molecule has 1 aromatic heterocycles. The molecule has 0 aliphatic rings. The normalized spacial score (nSPS) is 14.4. The van der Waals surface area contributed by atoms with Crippen LogP contribution in [0.2, 0.25) is 0 Å². The average Bonchev–Trinajstić information content (AvgIpc) is 3.05. The van der Waals surface area contributed by atoms with Gasteiger partial charge >= 0.3 is 6.03 Å². The smallest absolute Gasteiger partial charge is 0.314 e. The van der Waals surface area contributed by atoms with Gasteiger partial charge in [0.1, 0.15) is 5.60 Å². The van der Waals surface area contributed by atoms with E-state index in [0.29, 0.717) is 12.1 Å². The number of carbonyl (C=O) groups is 1. The SMILES string of the molecule is C[C@@H](CNC(=O)NC[C@](C)(O)c1cnn(C)c1)N(C)c1ccccc1. The number of nitrogens with zero attached hydrogens (tertiary/aromatic N) is 3. The van der Waals surface area contributed by atoms with Crippen molar-refractivity contribution in [2.45, 2.75) is 25.5 Å². The molecule has 2 aromatic rings. The fourth-order valence-electron chi connectivity index (χ4n) is 2.41. The summed E-state index contributed by atoms with van der Waals surface area (Å²) in [6, 6.07) is 9.83. The van der Waals surface area contributed by atoms with Gasteiger partial charge in [-0.2, -0.15) is 5.10 Å². The maximum atomic E-state index is 12.0. The van der Waals surface area contributed by atoms with Crippen LogP contribution < -0.4 is 15.5 Å². The first-order chi connectivity index (χ1) is 11.8. The first-order valence-corrected chi connectivity index (χ1v) is 8.30. The third kappa shape index (κ3) is 5.22. The van der Waals surface area contributed by atoms with Gasteiger partial charge in [0.25, 0.3) is 0 Å². The van der Waals surface area contributed by atoms with Crippen molar-refractivity contribution in [3.05, 3.63) is 48.3 Å². The number of hydrogen-bond acceptors (Lipinski definition) is 4. The Morgan fingerprint density at radius 2 is 2.04 bits per heavy atom. The van der Waals surface area contributed by atoms with Gasteiger partial charge in [0.05, 0.1) is 12.7 Å². The summed E-state index contributed by atoms with van der Waals surface area (Å²) in [4.78, 5) is 14.1. The van der Waals surface area contributed by atoms with Crippen LogP contribution in [-0.4, -0.2) is 47.1 Å². The lowest BCUT2D eigenvalue weighted by atomic mass is 10.00. The van der Waals surface area contributed by atoms with Gasteiger partial charge in [0.2, 0.25) is 0 Å². The zero-order valence-electron chi connectivity index (χ0n) is 15.2. The standard InChI is InChI=1S/C18H27N5O2/c1-14(23(4)16-8-6-5-7-9-16)10-19-17(24)20-13-18(2,25)15-11-21-22(3)12-15/h5-9,11-12,14,25H,10,13H2,1-4H3,(H2,19,20,24)/t14-,18-/m0/s1. The number of carbonyl (C=O) groups excluding carboxylic acids is 1. The van der Waals surface area contributed by atoms with E-state index in [0.717, 1.165) is 5.69 Å². The number of rotatable bonds is 7. The molecule has 7 nitrogen and oxygen atoms in total. The lowest BCUT2D eigenvalue weighted by Crippen LogP contribution is -2.47. The zero-order valence-corrected chi connectivity index (χ0v) is 15.2. The highest BCUT2D eigenvalue weighted by Gasteiger charge is 2.25. The Bertz CT molecular complexity index is 684. The molecule has 0 aliphatic heterocycles. The summed E-state index contributed by atoms with van der Waals surface area (Å²) in [5.74, 6) is 0. The van der Waals surface area contributed by atoms with Crippen LogP contribution >= 0.6 is 0 Å². The molecule has 0 saturated heterocycles. The van der Waals surface area contributed by atoms with Gasteiger partial charge in [0, 0.05) is 44.1 Å². The van der Waals surface area contributed by atoms with Crippen molar-refractivity contribution in [3.63, 3.8) is 0 Å². The Labute approximate surface area is 148 Å². The second kappa shape index (κ2) is 8.02. The van der Waals surface area contributed by atoms with Crippen molar-refractivity contribution in [2.24, 2.45) is 7.05 Å². The molecule has 1 heterocycles. The molecular weight excluding hydrogens is 318 g/mol. The number of aromatic nitrogens is 2. The molecule has 136 valence electrons. The van der Waals surface area contributed by atoms with Crippen LogP contribution in [0.3, 0.4) is 0 Å². The second-order valence-corrected chi connectivity index (χ2v) is 6.54. The molecule has 0 aliphatic carbocycles. The largest absolute Gasteiger partial charge is 0.383 e. The molecule has 0 radical (unpaired) electrons. The molecule has 0 saturated carbocycles. The zero-order chi connectivity index (χ0) is 18.4. The number of hydrogen-bond donors (Lipinski definition) is 3. The van der Waals surface area contributed by atoms with Crippen LogP contribution in [0.4, 0.5) is 10.5 Å². The molecular formula is C18H27N5O2. The summed E-state index contributed by atoms with van der Waals surface area (Å²) in [6.07, 6.45) is 3.33. The van der Waals surface area contributed by atoms with Crippen LogP contribution in [0.25, 0.3) is 0 Å². The highest BCUT2D eigenvalue weighted by molar-refractivity contribution is 5.74. The first-order valence-electron chi connectivity index (χ1n) is 8.30. The Morgan fingerprint density at radius 1 is 1.36 bits per heavy atom. The predicted molar refractivity (Wildman–Crippen MR) is 98.5 cm³/mol. The molecule has 1 aromatic carbocycles. The van der Waals surface area contributed by atoms with Crippen molar-refractivity contribution in [1.82, 2.24) is 20.4 Å². The second-order valence-electron chi connectivity index (χ2n) is 6.54. The molecule has 0 fully saturated rings. The molecule has 2 atom stereocenters. The number of aliphatic hydroxyl groups is 1. The summed E-state index contributed by atoms with van der Waals surface area (Å²) in [5.41, 5.74) is 0.585. The van der Waals surface area contributed by atoms with Crippen molar-refractivity contribution in [2.75, 3.05) is 25.0 Å². The number of aryl methyl sites for hydroxylation is 1. The molecule has 2 amide bonds. The fraction of sp³-hybridized carbons (Fsp3) is 0.444. The van der Waals surface area contributed by atoms with Crippen molar-refractivity contribution in [1.29, 1.82) is 0 Å². The molecule has 0 unspecified atom stereocenters. The van der Waals surface area contributed by atoms with E-state index in [4.69, 9.17) is 0 Å². The quantitative estimate of drug-likeness (QED) is 0.709. The summed E-state index contributed by atoms with van der Waals surface area (Å²) in [7, 11) is 3.77. The highest BCUT2D eigenvalue weighted by Crippen LogP contribution is 2.18. The Morgan fingerprint density at radius 3 is 2.64 bits per heavy atom. The summed E-state index contributed by atoms with van der Waals surface area (Å²) in [6.45, 7) is 4.29. The van der Waals surface area contributed by atoms with Gasteiger partial charge < -0.3 is 20.6 Å². The Balaban J connectivity index is 1.78. The fourth-order valence-corrected chi connectivity index (χ4v) is 2.41. The Kier molecular flexibility index (Phi) is 6.03. The van der Waals surface area contributed by atoms with Gasteiger partial charge in [-0.3, -0.25) is 4.68 Å². The molecule has 25 heavy (non-hydrogen) atoms. The minimum Gasteiger partial charge on any atom is -0.383 e. The number of para-hydroxylation sites is 1. The van der Waals surface area contributed by atoms with Gasteiger partial charge in [0.15, 0.2) is 0 Å². The van der Waals surface area contributed by atoms with Crippen molar-refractivity contribution < 1.29 is 9.90 Å². The summed E-state index contributed by atoms with van der Waals surface area (Å²) < 4.78 is 1.62. The van der Waals surface area contributed by atoms with Crippen LogP contribution in [0.5, 0.6) is 0 Å². The molecule has 3 N–H and O–H groups in total. The van der Waals surface area contributed by atoms with E-state index in [1.807, 2.05) is 44.3 Å². The first kappa shape index (κ1) is 18.8. The molecule has 0 spiro atoms. The Hall–Kier alpha value is -2.54. The molecule has 2 rings (SSSR count). The number of urea groups is 1. The topological polar surface area (TPSA) is 82.4 Å². The van der Waals surface area contributed by atoms with E-state index >= 15 is 0 Å². The minimum atomic E-state index is -1.17. The van der Waals surface area contributed by atoms with Crippen LogP contribution in [-0.2, 0) is 12.6 Å². The third-order valence-electron chi connectivity index (χ3n) is 4.30. The predicted octanol–water partition coefficient (Wildman–Crippen LogP) is 1.45. The van der Waals surface area contributed by atoms with Gasteiger partial charge in [-0.25, -0.2) is 4.79 Å². The van der Waals surface area contributed by atoms with E-state index in [1.54, 1.807) is 31.0 Å². The number of benzene rings is 1. The average molecular weight is 345 g/mol. The van der Waals surface area contributed by atoms with E-state index in [-0.39, 0.29) is 18.6 Å². The number of nitrogens with one attached hydrogen (secondary N) is 2. The maximum Gasteiger partial charge on any atom is 0.314 e. The van der Waals surface area contributed by atoms with Crippen molar-refractivity contribution in [3.8, 4) is 0 Å². The number of likely N-dealkylation sites (N-methyl/N-ethyl adjacent to an activating group) is 1. The summed E-state index contributed by atoms with van der Waals surface area (Å²) in [5, 5.41) is 20.0. The lowest BCUT2D eigenvalue weighted by Gasteiger charge is -2.27. The molecule has 0 bridgehead atoms. The van der Waals surface area contributed by atoms with Crippen molar-refractivity contribution >= 4 is 11.7 Å². The molecule has 7 heteroatoms. The monoisotopic (exact) mass is 345 g/mol. The van der Waals surface area contributed by atoms with Crippen LogP contribution in [0, 0.1) is 0 Å².